The third-order valence-electron chi connectivity index (χ3n) is 4.21. The Hall–Kier alpha value is -4.20. The van der Waals surface area contributed by atoms with Crippen LogP contribution in [-0.4, -0.2) is 34.0 Å². The van der Waals surface area contributed by atoms with Gasteiger partial charge in [0.05, 0.1) is 0 Å². The molecule has 8 heteroatoms. The van der Waals surface area contributed by atoms with E-state index in [4.69, 9.17) is 10.2 Å². The molecule has 0 fully saturated rings. The van der Waals surface area contributed by atoms with E-state index in [-0.39, 0.29) is 0 Å². The molecule has 0 unspecified atom stereocenters. The highest BCUT2D eigenvalue weighted by molar-refractivity contribution is 6.03. The van der Waals surface area contributed by atoms with E-state index in [0.29, 0.717) is 0 Å². The van der Waals surface area contributed by atoms with Crippen molar-refractivity contribution in [3.05, 3.63) is 83.0 Å². The van der Waals surface area contributed by atoms with Gasteiger partial charge >= 0.3 is 11.9 Å². The van der Waals surface area contributed by atoms with Gasteiger partial charge in [-0.15, -0.1) is 0 Å². The number of hydrogen-bond acceptors (Lipinski definition) is 4. The van der Waals surface area contributed by atoms with Crippen molar-refractivity contribution in [2.45, 2.75) is 27.7 Å². The second-order valence-corrected chi connectivity index (χ2v) is 6.86. The summed E-state index contributed by atoms with van der Waals surface area (Å²) < 4.78 is 0. The highest BCUT2D eigenvalue weighted by Crippen LogP contribution is 2.20. The third-order valence-corrected chi connectivity index (χ3v) is 4.21. The second kappa shape index (κ2) is 12.5. The van der Waals surface area contributed by atoms with Crippen LogP contribution in [0.5, 0.6) is 0 Å². The van der Waals surface area contributed by atoms with E-state index in [2.05, 4.69) is 10.6 Å². The first kappa shape index (κ1) is 25.8. The standard InChI is InChI=1S/2C12H13NO3/c2*1-8-4-3-5-9(2)12(8)13-10(14)6-7-11(15)16/h2*3-7H,1-2H3,(H,13,14)(H,15,16)/b2*7-6-. The van der Waals surface area contributed by atoms with E-state index < -0.39 is 23.8 Å². The first-order chi connectivity index (χ1) is 15.0. The summed E-state index contributed by atoms with van der Waals surface area (Å²) in [7, 11) is 0. The van der Waals surface area contributed by atoms with Gasteiger partial charge in [0, 0.05) is 35.7 Å². The number of aliphatic carboxylic acids is 2. The molecule has 0 saturated carbocycles. The predicted octanol–water partition coefficient (Wildman–Crippen LogP) is 3.77. The highest BCUT2D eigenvalue weighted by Gasteiger charge is 2.05. The topological polar surface area (TPSA) is 133 Å². The number of hydrogen-bond donors (Lipinski definition) is 4. The first-order valence-corrected chi connectivity index (χ1v) is 9.57. The van der Waals surface area contributed by atoms with Crippen LogP contribution in [0.15, 0.2) is 60.7 Å². The van der Waals surface area contributed by atoms with Gasteiger partial charge in [-0.3, -0.25) is 9.59 Å². The Balaban J connectivity index is 0.000000320. The Bertz CT molecular complexity index is 944. The summed E-state index contributed by atoms with van der Waals surface area (Å²) >= 11 is 0. The molecular formula is C24H26N2O6. The van der Waals surface area contributed by atoms with Crippen LogP contribution >= 0.6 is 0 Å². The molecule has 8 nitrogen and oxygen atoms in total. The highest BCUT2D eigenvalue weighted by atomic mass is 16.4. The van der Waals surface area contributed by atoms with Crippen LogP contribution in [0.2, 0.25) is 0 Å². The number of benzene rings is 2. The second-order valence-electron chi connectivity index (χ2n) is 6.86. The number of carboxylic acids is 2. The van der Waals surface area contributed by atoms with Crippen molar-refractivity contribution in [3.63, 3.8) is 0 Å². The zero-order valence-corrected chi connectivity index (χ0v) is 18.3. The van der Waals surface area contributed by atoms with Crippen molar-refractivity contribution >= 4 is 35.1 Å². The molecule has 0 heterocycles. The van der Waals surface area contributed by atoms with Crippen LogP contribution in [0, 0.1) is 27.7 Å². The Morgan fingerprint density at radius 2 is 0.875 bits per heavy atom. The monoisotopic (exact) mass is 438 g/mol. The molecule has 0 spiro atoms. The number of aryl methyl sites for hydroxylation is 4. The summed E-state index contributed by atoms with van der Waals surface area (Å²) in [5, 5.41) is 22.0. The van der Waals surface area contributed by atoms with Crippen LogP contribution in [0.25, 0.3) is 0 Å². The molecule has 2 aromatic rings. The summed E-state index contributed by atoms with van der Waals surface area (Å²) in [5.41, 5.74) is 5.22. The normalized spacial score (nSPS) is 10.4. The maximum absolute atomic E-state index is 11.4. The molecule has 0 aliphatic rings. The molecule has 2 amide bonds. The van der Waals surface area contributed by atoms with E-state index in [1.807, 2.05) is 64.1 Å². The fourth-order valence-corrected chi connectivity index (χ4v) is 2.65. The molecule has 0 bridgehead atoms. The SMILES string of the molecule is Cc1cccc(C)c1NC(=O)/C=C\C(=O)O.Cc1cccc(C)c1NC(=O)/C=C\C(=O)O. The molecule has 32 heavy (non-hydrogen) atoms. The van der Waals surface area contributed by atoms with E-state index >= 15 is 0 Å². The van der Waals surface area contributed by atoms with E-state index in [0.717, 1.165) is 57.9 Å². The average molecular weight is 438 g/mol. The number of carboxylic acid groups (broad SMARTS) is 2. The summed E-state index contributed by atoms with van der Waals surface area (Å²) in [5.74, 6) is -3.17. The van der Waals surface area contributed by atoms with E-state index in [9.17, 15) is 19.2 Å². The summed E-state index contributed by atoms with van der Waals surface area (Å²) in [6.45, 7) is 7.51. The molecular weight excluding hydrogens is 412 g/mol. The minimum absolute atomic E-state index is 0.445. The predicted molar refractivity (Wildman–Crippen MR) is 123 cm³/mol. The number of amides is 2. The number of anilines is 2. The quantitative estimate of drug-likeness (QED) is 0.508. The van der Waals surface area contributed by atoms with Gasteiger partial charge in [0.15, 0.2) is 0 Å². The van der Waals surface area contributed by atoms with Crippen molar-refractivity contribution in [1.82, 2.24) is 0 Å². The molecule has 4 N–H and O–H groups in total. The lowest BCUT2D eigenvalue weighted by atomic mass is 10.1. The molecule has 0 saturated heterocycles. The van der Waals surface area contributed by atoms with E-state index in [1.165, 1.54) is 0 Å². The fourth-order valence-electron chi connectivity index (χ4n) is 2.65. The largest absolute Gasteiger partial charge is 0.478 e. The van der Waals surface area contributed by atoms with Gasteiger partial charge < -0.3 is 20.8 Å². The Morgan fingerprint density at radius 1 is 0.594 bits per heavy atom. The minimum Gasteiger partial charge on any atom is -0.478 e. The zero-order chi connectivity index (χ0) is 24.3. The maximum atomic E-state index is 11.4. The minimum atomic E-state index is -1.14. The van der Waals surface area contributed by atoms with Crippen molar-refractivity contribution < 1.29 is 29.4 Å². The molecule has 0 atom stereocenters. The van der Waals surface area contributed by atoms with Crippen LogP contribution in [0.4, 0.5) is 11.4 Å². The van der Waals surface area contributed by atoms with Crippen molar-refractivity contribution in [2.75, 3.05) is 10.6 Å². The Kier molecular flexibility index (Phi) is 10.1. The molecule has 168 valence electrons. The molecule has 0 radical (unpaired) electrons. The number of para-hydroxylation sites is 2. The van der Waals surface area contributed by atoms with Gasteiger partial charge in [0.2, 0.25) is 11.8 Å². The number of carbonyl (C=O) groups excluding carboxylic acids is 2. The van der Waals surface area contributed by atoms with Gasteiger partial charge in [-0.2, -0.15) is 0 Å². The summed E-state index contributed by atoms with van der Waals surface area (Å²) in [6, 6.07) is 11.3. The van der Waals surface area contributed by atoms with Crippen LogP contribution < -0.4 is 10.6 Å². The summed E-state index contributed by atoms with van der Waals surface area (Å²) in [6.07, 6.45) is 3.61. The maximum Gasteiger partial charge on any atom is 0.328 e. The van der Waals surface area contributed by atoms with Gasteiger partial charge in [0.25, 0.3) is 0 Å². The molecule has 0 aromatic heterocycles. The molecule has 2 rings (SSSR count). The zero-order valence-electron chi connectivity index (χ0n) is 18.3. The first-order valence-electron chi connectivity index (χ1n) is 9.57. The van der Waals surface area contributed by atoms with Gasteiger partial charge in [-0.05, 0) is 49.9 Å². The lowest BCUT2D eigenvalue weighted by molar-refractivity contribution is -0.132. The van der Waals surface area contributed by atoms with Gasteiger partial charge in [0.1, 0.15) is 0 Å². The lowest BCUT2D eigenvalue weighted by Crippen LogP contribution is -2.10. The van der Waals surface area contributed by atoms with Crippen molar-refractivity contribution in [1.29, 1.82) is 0 Å². The average Bonchev–Trinajstić information content (AvgIpc) is 2.71. The molecule has 2 aromatic carbocycles. The van der Waals surface area contributed by atoms with Gasteiger partial charge in [-0.25, -0.2) is 9.59 Å². The number of nitrogens with one attached hydrogen (secondary N) is 2. The number of rotatable bonds is 6. The van der Waals surface area contributed by atoms with Crippen LogP contribution in [-0.2, 0) is 19.2 Å². The molecule has 0 aliphatic carbocycles. The Morgan fingerprint density at radius 3 is 1.12 bits per heavy atom. The van der Waals surface area contributed by atoms with Crippen molar-refractivity contribution in [3.8, 4) is 0 Å². The van der Waals surface area contributed by atoms with Crippen molar-refractivity contribution in [2.24, 2.45) is 0 Å². The van der Waals surface area contributed by atoms with Crippen LogP contribution in [0.1, 0.15) is 22.3 Å². The number of carbonyl (C=O) groups is 4. The fraction of sp³-hybridized carbons (Fsp3) is 0.167. The molecule has 0 aliphatic heterocycles. The summed E-state index contributed by atoms with van der Waals surface area (Å²) in [4.78, 5) is 43.2. The third kappa shape index (κ3) is 9.08. The smallest absolute Gasteiger partial charge is 0.328 e. The lowest BCUT2D eigenvalue weighted by Gasteiger charge is -2.09. The Labute approximate surface area is 186 Å². The van der Waals surface area contributed by atoms with E-state index in [1.54, 1.807) is 0 Å². The van der Waals surface area contributed by atoms with Gasteiger partial charge in [-0.1, -0.05) is 36.4 Å². The van der Waals surface area contributed by atoms with Crippen LogP contribution in [0.3, 0.4) is 0 Å².